The summed E-state index contributed by atoms with van der Waals surface area (Å²) in [5.74, 6) is -1.55. The highest BCUT2D eigenvalue weighted by Crippen LogP contribution is 2.15. The minimum atomic E-state index is -0.852. The third-order valence-corrected chi connectivity index (χ3v) is 1.64. The van der Waals surface area contributed by atoms with Crippen molar-refractivity contribution in [1.82, 2.24) is 0 Å². The molecule has 0 unspecified atom stereocenters. The number of nitrogens with two attached hydrogens (primary N) is 1. The van der Waals surface area contributed by atoms with Crippen molar-refractivity contribution in [2.75, 3.05) is 6.54 Å². The fourth-order valence-electron chi connectivity index (χ4n) is 0.974. The van der Waals surface area contributed by atoms with Crippen molar-refractivity contribution in [3.05, 3.63) is 41.0 Å². The Morgan fingerprint density at radius 1 is 1.36 bits per heavy atom. The number of hydrogen-bond donors (Lipinski definition) is 1. The van der Waals surface area contributed by atoms with Gasteiger partial charge in [0, 0.05) is 18.2 Å². The molecular weight excluding hydrogens is 186 g/mol. The minimum Gasteiger partial charge on any atom is -0.327 e. The van der Waals surface area contributed by atoms with Gasteiger partial charge in [-0.2, -0.15) is 5.26 Å². The molecule has 0 aliphatic carbocycles. The molecular formula is C10H8F2N2. The van der Waals surface area contributed by atoms with E-state index < -0.39 is 11.6 Å². The number of rotatable bonds is 2. The number of halogens is 2. The molecule has 0 aliphatic rings. The third kappa shape index (κ3) is 2.15. The van der Waals surface area contributed by atoms with Crippen LogP contribution in [0.5, 0.6) is 0 Å². The molecule has 1 aromatic rings. The maximum Gasteiger partial charge on any atom is 0.143 e. The summed E-state index contributed by atoms with van der Waals surface area (Å²) in [6, 6.07) is 3.47. The lowest BCUT2D eigenvalue weighted by Crippen LogP contribution is -1.94. The second-order valence-corrected chi connectivity index (χ2v) is 2.60. The summed E-state index contributed by atoms with van der Waals surface area (Å²) in [6.07, 6.45) is 2.94. The molecule has 0 spiro atoms. The lowest BCUT2D eigenvalue weighted by Gasteiger charge is -1.98. The Bertz CT molecular complexity index is 405. The van der Waals surface area contributed by atoms with Crippen molar-refractivity contribution in [1.29, 1.82) is 5.26 Å². The van der Waals surface area contributed by atoms with E-state index in [4.69, 9.17) is 11.0 Å². The molecule has 0 saturated heterocycles. The summed E-state index contributed by atoms with van der Waals surface area (Å²) >= 11 is 0. The minimum absolute atomic E-state index is 0.161. The molecule has 0 saturated carbocycles. The molecule has 0 aliphatic heterocycles. The van der Waals surface area contributed by atoms with Crippen LogP contribution < -0.4 is 5.73 Å². The Kier molecular flexibility index (Phi) is 3.32. The zero-order chi connectivity index (χ0) is 10.6. The van der Waals surface area contributed by atoms with Gasteiger partial charge in [-0.3, -0.25) is 0 Å². The van der Waals surface area contributed by atoms with E-state index in [-0.39, 0.29) is 17.7 Å². The van der Waals surface area contributed by atoms with Crippen molar-refractivity contribution in [2.45, 2.75) is 0 Å². The maximum atomic E-state index is 13.0. The van der Waals surface area contributed by atoms with Crippen LogP contribution in [-0.2, 0) is 0 Å². The molecule has 2 N–H and O–H groups in total. The van der Waals surface area contributed by atoms with Crippen LogP contribution in [0.4, 0.5) is 8.78 Å². The molecule has 2 nitrogen and oxygen atoms in total. The summed E-state index contributed by atoms with van der Waals surface area (Å²) in [5, 5.41) is 8.50. The van der Waals surface area contributed by atoms with Crippen molar-refractivity contribution in [2.24, 2.45) is 5.73 Å². The van der Waals surface area contributed by atoms with E-state index in [2.05, 4.69) is 0 Å². The van der Waals surface area contributed by atoms with Crippen LogP contribution in [0.3, 0.4) is 0 Å². The van der Waals surface area contributed by atoms with Gasteiger partial charge in [0.1, 0.15) is 17.7 Å². The Morgan fingerprint density at radius 2 is 2.07 bits per heavy atom. The highest BCUT2D eigenvalue weighted by Gasteiger charge is 2.06. The molecule has 4 heteroatoms. The van der Waals surface area contributed by atoms with E-state index in [0.717, 1.165) is 6.07 Å². The quantitative estimate of drug-likeness (QED) is 0.780. The second-order valence-electron chi connectivity index (χ2n) is 2.60. The predicted molar refractivity (Wildman–Crippen MR) is 49.2 cm³/mol. The first-order valence-corrected chi connectivity index (χ1v) is 3.94. The predicted octanol–water partition coefficient (Wildman–Crippen LogP) is 1.81. The molecule has 72 valence electrons. The zero-order valence-corrected chi connectivity index (χ0v) is 7.30. The van der Waals surface area contributed by atoms with Crippen LogP contribution in [0.1, 0.15) is 11.1 Å². The van der Waals surface area contributed by atoms with Gasteiger partial charge >= 0.3 is 0 Å². The number of nitriles is 1. The summed E-state index contributed by atoms with van der Waals surface area (Å²) < 4.78 is 25.9. The Morgan fingerprint density at radius 3 is 2.64 bits per heavy atom. The van der Waals surface area contributed by atoms with Gasteiger partial charge in [-0.25, -0.2) is 8.78 Å². The van der Waals surface area contributed by atoms with Gasteiger partial charge in [-0.1, -0.05) is 12.2 Å². The first kappa shape index (κ1) is 10.4. The van der Waals surface area contributed by atoms with Crippen LogP contribution in [-0.4, -0.2) is 6.54 Å². The highest BCUT2D eigenvalue weighted by atomic mass is 19.1. The van der Waals surface area contributed by atoms with Gasteiger partial charge < -0.3 is 5.73 Å². The Hall–Kier alpha value is -1.73. The van der Waals surface area contributed by atoms with Gasteiger partial charge in [0.2, 0.25) is 0 Å². The number of hydrogen-bond acceptors (Lipinski definition) is 2. The van der Waals surface area contributed by atoms with Gasteiger partial charge in [-0.15, -0.1) is 0 Å². The molecule has 0 aromatic heterocycles. The van der Waals surface area contributed by atoms with Crippen molar-refractivity contribution < 1.29 is 8.78 Å². The zero-order valence-electron chi connectivity index (χ0n) is 7.30. The van der Waals surface area contributed by atoms with Crippen molar-refractivity contribution in [3.63, 3.8) is 0 Å². The molecule has 0 fully saturated rings. The first-order chi connectivity index (χ1) is 6.69. The third-order valence-electron chi connectivity index (χ3n) is 1.64. The van der Waals surface area contributed by atoms with Crippen LogP contribution >= 0.6 is 0 Å². The SMILES string of the molecule is N#Cc1cc(/C=C/CN)c(F)cc1F. The van der Waals surface area contributed by atoms with Gasteiger partial charge in [0.25, 0.3) is 0 Å². The van der Waals surface area contributed by atoms with Crippen molar-refractivity contribution >= 4 is 6.08 Å². The summed E-state index contributed by atoms with van der Waals surface area (Å²) in [5.41, 5.74) is 5.16. The Balaban J connectivity index is 3.19. The normalized spacial score (nSPS) is 10.4. The van der Waals surface area contributed by atoms with E-state index in [0.29, 0.717) is 6.07 Å². The van der Waals surface area contributed by atoms with E-state index in [1.54, 1.807) is 6.07 Å². The first-order valence-electron chi connectivity index (χ1n) is 3.94. The van der Waals surface area contributed by atoms with Crippen LogP contribution in [0.15, 0.2) is 18.2 Å². The standard InChI is InChI=1S/C10H8F2N2/c11-9-5-10(12)8(6-14)4-7(9)2-1-3-13/h1-2,4-5H,3,13H2/b2-1+. The van der Waals surface area contributed by atoms with Gasteiger partial charge in [0.15, 0.2) is 0 Å². The Labute approximate surface area is 80.3 Å². The molecule has 1 rings (SSSR count). The summed E-state index contributed by atoms with van der Waals surface area (Å²) in [7, 11) is 0. The fourth-order valence-corrected chi connectivity index (χ4v) is 0.974. The van der Waals surface area contributed by atoms with E-state index >= 15 is 0 Å². The maximum absolute atomic E-state index is 13.0. The number of benzene rings is 1. The molecule has 1 aromatic carbocycles. The van der Waals surface area contributed by atoms with E-state index in [1.807, 2.05) is 0 Å². The van der Waals surface area contributed by atoms with Crippen molar-refractivity contribution in [3.8, 4) is 6.07 Å². The smallest absolute Gasteiger partial charge is 0.143 e. The number of nitrogens with zero attached hydrogens (tertiary/aromatic N) is 1. The van der Waals surface area contributed by atoms with Gasteiger partial charge in [-0.05, 0) is 6.07 Å². The molecule has 0 radical (unpaired) electrons. The molecule has 14 heavy (non-hydrogen) atoms. The molecule has 0 heterocycles. The highest BCUT2D eigenvalue weighted by molar-refractivity contribution is 5.53. The van der Waals surface area contributed by atoms with E-state index in [9.17, 15) is 8.78 Å². The fraction of sp³-hybridized carbons (Fsp3) is 0.100. The monoisotopic (exact) mass is 194 g/mol. The van der Waals surface area contributed by atoms with Crippen LogP contribution in [0.2, 0.25) is 0 Å². The average molecular weight is 194 g/mol. The largest absolute Gasteiger partial charge is 0.327 e. The average Bonchev–Trinajstić information content (AvgIpc) is 2.17. The van der Waals surface area contributed by atoms with Crippen LogP contribution in [0, 0.1) is 23.0 Å². The second kappa shape index (κ2) is 4.49. The van der Waals surface area contributed by atoms with Crippen LogP contribution in [0.25, 0.3) is 6.08 Å². The molecule has 0 amide bonds. The lowest BCUT2D eigenvalue weighted by atomic mass is 10.1. The topological polar surface area (TPSA) is 49.8 Å². The summed E-state index contributed by atoms with van der Waals surface area (Å²) in [6.45, 7) is 0.263. The van der Waals surface area contributed by atoms with E-state index in [1.165, 1.54) is 12.2 Å². The lowest BCUT2D eigenvalue weighted by molar-refractivity contribution is 0.579. The summed E-state index contributed by atoms with van der Waals surface area (Å²) in [4.78, 5) is 0. The van der Waals surface area contributed by atoms with Gasteiger partial charge in [0.05, 0.1) is 5.56 Å². The molecule has 0 atom stereocenters. The molecule has 0 bridgehead atoms.